The molecule has 0 aliphatic heterocycles. The summed E-state index contributed by atoms with van der Waals surface area (Å²) in [5.74, 6) is -0.659. The third kappa shape index (κ3) is 2.20. The van der Waals surface area contributed by atoms with Gasteiger partial charge in [-0.05, 0) is 59.7 Å². The predicted octanol–water partition coefficient (Wildman–Crippen LogP) is 3.85. The molecule has 5 heteroatoms. The molecular formula is C16H16BrFN2O. The number of carbonyl (C=O) groups is 1. The Kier molecular flexibility index (Phi) is 3.40. The molecule has 110 valence electrons. The standard InChI is InChI=1S/C16H16BrFN2O/c1-7(2)8-3-4-9-12(5-8)20-15-10(16(19)21)6-11(18)14(17)13(9)15/h6,8,20H,1,3-5H2,2H3,(H2,19,21). The van der Waals surface area contributed by atoms with Gasteiger partial charge in [-0.25, -0.2) is 4.39 Å². The number of nitrogens with two attached hydrogens (primary N) is 1. The van der Waals surface area contributed by atoms with E-state index in [9.17, 15) is 9.18 Å². The number of primary amides is 1. The van der Waals surface area contributed by atoms with Crippen LogP contribution in [-0.4, -0.2) is 10.9 Å². The van der Waals surface area contributed by atoms with Crippen molar-refractivity contribution in [2.45, 2.75) is 26.2 Å². The number of H-pyrrole nitrogens is 1. The van der Waals surface area contributed by atoms with Gasteiger partial charge < -0.3 is 10.7 Å². The van der Waals surface area contributed by atoms with E-state index in [0.717, 1.165) is 41.5 Å². The first-order valence-corrected chi connectivity index (χ1v) is 7.66. The van der Waals surface area contributed by atoms with E-state index in [1.165, 1.54) is 6.07 Å². The number of fused-ring (bicyclic) bond motifs is 3. The van der Waals surface area contributed by atoms with Crippen molar-refractivity contribution in [3.8, 4) is 0 Å². The summed E-state index contributed by atoms with van der Waals surface area (Å²) in [5, 5.41) is 0.749. The number of aromatic amines is 1. The minimum absolute atomic E-state index is 0.201. The summed E-state index contributed by atoms with van der Waals surface area (Å²) < 4.78 is 14.4. The predicted molar refractivity (Wildman–Crippen MR) is 84.8 cm³/mol. The summed E-state index contributed by atoms with van der Waals surface area (Å²) in [4.78, 5) is 14.9. The van der Waals surface area contributed by atoms with E-state index >= 15 is 0 Å². The fourth-order valence-electron chi connectivity index (χ4n) is 3.15. The third-order valence-electron chi connectivity index (χ3n) is 4.32. The zero-order valence-electron chi connectivity index (χ0n) is 11.7. The normalized spacial score (nSPS) is 17.8. The molecule has 1 aromatic heterocycles. The van der Waals surface area contributed by atoms with Gasteiger partial charge in [0.2, 0.25) is 0 Å². The van der Waals surface area contributed by atoms with E-state index in [-0.39, 0.29) is 5.56 Å². The van der Waals surface area contributed by atoms with Gasteiger partial charge in [0.1, 0.15) is 5.82 Å². The van der Waals surface area contributed by atoms with Gasteiger partial charge in [0, 0.05) is 11.1 Å². The average molecular weight is 351 g/mol. The largest absolute Gasteiger partial charge is 0.366 e. The number of aryl methyl sites for hydroxylation is 1. The Balaban J connectivity index is 2.27. The number of hydrogen-bond acceptors (Lipinski definition) is 1. The molecule has 0 bridgehead atoms. The second-order valence-corrected chi connectivity index (χ2v) is 6.50. The lowest BCUT2D eigenvalue weighted by Gasteiger charge is -2.22. The number of hydrogen-bond donors (Lipinski definition) is 2. The maximum absolute atomic E-state index is 14.0. The molecular weight excluding hydrogens is 335 g/mol. The Morgan fingerprint density at radius 3 is 2.90 bits per heavy atom. The number of amides is 1. The molecule has 0 fully saturated rings. The molecule has 0 spiro atoms. The van der Waals surface area contributed by atoms with Crippen LogP contribution in [0.3, 0.4) is 0 Å². The highest BCUT2D eigenvalue weighted by molar-refractivity contribution is 9.10. The lowest BCUT2D eigenvalue weighted by atomic mass is 9.83. The molecule has 2 aromatic rings. The van der Waals surface area contributed by atoms with E-state index in [0.29, 0.717) is 15.9 Å². The quantitative estimate of drug-likeness (QED) is 0.794. The van der Waals surface area contributed by atoms with Gasteiger partial charge in [0.25, 0.3) is 5.91 Å². The van der Waals surface area contributed by atoms with Crippen LogP contribution in [0.2, 0.25) is 0 Å². The number of allylic oxidation sites excluding steroid dienone is 1. The Morgan fingerprint density at radius 2 is 2.29 bits per heavy atom. The van der Waals surface area contributed by atoms with Gasteiger partial charge >= 0.3 is 0 Å². The van der Waals surface area contributed by atoms with Gasteiger partial charge in [0.05, 0.1) is 15.6 Å². The molecule has 1 unspecified atom stereocenters. The summed E-state index contributed by atoms with van der Waals surface area (Å²) in [6, 6.07) is 1.19. The fraction of sp³-hybridized carbons (Fsp3) is 0.312. The van der Waals surface area contributed by atoms with E-state index in [1.54, 1.807) is 0 Å². The average Bonchev–Trinajstić information content (AvgIpc) is 2.80. The van der Waals surface area contributed by atoms with Crippen LogP contribution in [0.4, 0.5) is 4.39 Å². The highest BCUT2D eigenvalue weighted by Crippen LogP contribution is 2.39. The Bertz CT molecular complexity index is 778. The zero-order chi connectivity index (χ0) is 15.3. The van der Waals surface area contributed by atoms with Crippen LogP contribution < -0.4 is 5.73 Å². The molecule has 1 heterocycles. The smallest absolute Gasteiger partial charge is 0.250 e. The summed E-state index contributed by atoms with van der Waals surface area (Å²) in [7, 11) is 0. The second-order valence-electron chi connectivity index (χ2n) is 5.70. The van der Waals surface area contributed by atoms with Gasteiger partial charge in [-0.1, -0.05) is 12.2 Å². The number of nitrogens with one attached hydrogen (secondary N) is 1. The summed E-state index contributed by atoms with van der Waals surface area (Å²) in [6.45, 7) is 6.06. The summed E-state index contributed by atoms with van der Waals surface area (Å²) in [6.07, 6.45) is 2.67. The van der Waals surface area contributed by atoms with E-state index in [4.69, 9.17) is 5.73 Å². The number of halogens is 2. The lowest BCUT2D eigenvalue weighted by molar-refractivity contribution is 0.100. The number of benzene rings is 1. The lowest BCUT2D eigenvalue weighted by Crippen LogP contribution is -2.14. The first-order chi connectivity index (χ1) is 9.90. The molecule has 3 N–H and O–H groups in total. The Hall–Kier alpha value is -1.62. The van der Waals surface area contributed by atoms with Crippen LogP contribution in [0.15, 0.2) is 22.7 Å². The van der Waals surface area contributed by atoms with Crippen molar-refractivity contribution in [3.63, 3.8) is 0 Å². The number of aromatic nitrogens is 1. The van der Waals surface area contributed by atoms with Crippen molar-refractivity contribution in [3.05, 3.63) is 45.3 Å². The Labute approximate surface area is 130 Å². The van der Waals surface area contributed by atoms with Crippen molar-refractivity contribution in [1.82, 2.24) is 4.98 Å². The highest BCUT2D eigenvalue weighted by atomic mass is 79.9. The van der Waals surface area contributed by atoms with Crippen LogP contribution in [0.25, 0.3) is 10.9 Å². The molecule has 1 amide bonds. The van der Waals surface area contributed by atoms with Crippen LogP contribution in [0.1, 0.15) is 35.0 Å². The number of carbonyl (C=O) groups excluding carboxylic acids is 1. The van der Waals surface area contributed by atoms with Gasteiger partial charge in [-0.15, -0.1) is 0 Å². The minimum atomic E-state index is -0.624. The zero-order valence-corrected chi connectivity index (χ0v) is 13.3. The molecule has 1 atom stereocenters. The van der Waals surface area contributed by atoms with Crippen molar-refractivity contribution >= 4 is 32.7 Å². The van der Waals surface area contributed by atoms with E-state index in [1.807, 2.05) is 6.92 Å². The fourth-order valence-corrected chi connectivity index (χ4v) is 3.70. The minimum Gasteiger partial charge on any atom is -0.366 e. The van der Waals surface area contributed by atoms with Gasteiger partial charge in [-0.2, -0.15) is 0 Å². The maximum atomic E-state index is 14.0. The molecule has 3 rings (SSSR count). The van der Waals surface area contributed by atoms with Crippen molar-refractivity contribution in [2.75, 3.05) is 0 Å². The Morgan fingerprint density at radius 1 is 1.57 bits per heavy atom. The van der Waals surface area contributed by atoms with Crippen molar-refractivity contribution in [2.24, 2.45) is 11.7 Å². The third-order valence-corrected chi connectivity index (χ3v) is 5.09. The molecule has 21 heavy (non-hydrogen) atoms. The maximum Gasteiger partial charge on any atom is 0.250 e. The molecule has 0 saturated carbocycles. The topological polar surface area (TPSA) is 58.9 Å². The molecule has 3 nitrogen and oxygen atoms in total. The van der Waals surface area contributed by atoms with Crippen LogP contribution in [0.5, 0.6) is 0 Å². The molecule has 1 aliphatic rings. The SMILES string of the molecule is C=C(C)C1CCc2c([nH]c3c(C(N)=O)cc(F)c(Br)c23)C1. The van der Waals surface area contributed by atoms with Gasteiger partial charge in [-0.3, -0.25) is 4.79 Å². The van der Waals surface area contributed by atoms with Gasteiger partial charge in [0.15, 0.2) is 0 Å². The second kappa shape index (κ2) is 4.98. The molecule has 0 radical (unpaired) electrons. The molecule has 1 aromatic carbocycles. The first kappa shape index (κ1) is 14.3. The van der Waals surface area contributed by atoms with Crippen LogP contribution in [0, 0.1) is 11.7 Å². The summed E-state index contributed by atoms with van der Waals surface area (Å²) in [5.41, 5.74) is 9.49. The van der Waals surface area contributed by atoms with Crippen molar-refractivity contribution < 1.29 is 9.18 Å². The van der Waals surface area contributed by atoms with Crippen LogP contribution in [-0.2, 0) is 12.8 Å². The summed E-state index contributed by atoms with van der Waals surface area (Å²) >= 11 is 3.30. The monoisotopic (exact) mass is 350 g/mol. The molecule has 1 aliphatic carbocycles. The molecule has 0 saturated heterocycles. The van der Waals surface area contributed by atoms with Crippen molar-refractivity contribution in [1.29, 1.82) is 0 Å². The van der Waals surface area contributed by atoms with E-state index in [2.05, 4.69) is 27.5 Å². The first-order valence-electron chi connectivity index (χ1n) is 6.86. The number of rotatable bonds is 2. The highest BCUT2D eigenvalue weighted by Gasteiger charge is 2.26. The van der Waals surface area contributed by atoms with E-state index < -0.39 is 11.7 Å². The van der Waals surface area contributed by atoms with Crippen LogP contribution >= 0.6 is 15.9 Å².